The quantitative estimate of drug-likeness (QED) is 0.871. The summed E-state index contributed by atoms with van der Waals surface area (Å²) in [5, 5.41) is 2.87. The lowest BCUT2D eigenvalue weighted by molar-refractivity contribution is 0.123. The Balaban J connectivity index is 2.15. The number of nitrogens with zero attached hydrogens (tertiary/aromatic N) is 1. The van der Waals surface area contributed by atoms with Gasteiger partial charge in [-0.05, 0) is 5.56 Å². The summed E-state index contributed by atoms with van der Waals surface area (Å²) in [4.78, 5) is 25.5. The van der Waals surface area contributed by atoms with Crippen LogP contribution in [0.2, 0.25) is 0 Å². The van der Waals surface area contributed by atoms with Crippen LogP contribution in [-0.2, 0) is 13.1 Å². The Morgan fingerprint density at radius 1 is 1.20 bits per heavy atom. The van der Waals surface area contributed by atoms with Crippen molar-refractivity contribution in [1.82, 2.24) is 9.55 Å². The lowest BCUT2D eigenvalue weighted by Crippen LogP contribution is -2.37. The van der Waals surface area contributed by atoms with Gasteiger partial charge in [0.25, 0.3) is 12.0 Å². The minimum Gasteiger partial charge on any atom is -0.367 e. The van der Waals surface area contributed by atoms with E-state index in [1.807, 2.05) is 30.3 Å². The minimum atomic E-state index is -2.75. The first-order valence-corrected chi connectivity index (χ1v) is 5.96. The molecule has 0 unspecified atom stereocenters. The summed E-state index contributed by atoms with van der Waals surface area (Å²) in [6, 6.07) is 10.4. The number of benzene rings is 1. The van der Waals surface area contributed by atoms with Crippen molar-refractivity contribution in [2.45, 2.75) is 19.5 Å². The van der Waals surface area contributed by atoms with Crippen LogP contribution >= 0.6 is 0 Å². The van der Waals surface area contributed by atoms with E-state index in [1.54, 1.807) is 0 Å². The zero-order chi connectivity index (χ0) is 14.5. The number of hydrogen-bond donors (Lipinski definition) is 2. The Hall–Kier alpha value is -2.44. The molecule has 0 aliphatic heterocycles. The molecule has 0 atom stereocenters. The topological polar surface area (TPSA) is 66.9 Å². The van der Waals surface area contributed by atoms with Crippen molar-refractivity contribution < 1.29 is 8.78 Å². The van der Waals surface area contributed by atoms with E-state index in [1.165, 1.54) is 0 Å². The van der Waals surface area contributed by atoms with Gasteiger partial charge in [-0.15, -0.1) is 0 Å². The molecule has 0 radical (unpaired) electrons. The molecule has 1 heterocycles. The molecule has 106 valence electrons. The third-order valence-corrected chi connectivity index (χ3v) is 2.67. The lowest BCUT2D eigenvalue weighted by atomic mass is 10.2. The molecule has 1 aromatic heterocycles. The summed E-state index contributed by atoms with van der Waals surface area (Å²) in [5.74, 6) is 0.203. The van der Waals surface area contributed by atoms with Gasteiger partial charge in [0.2, 0.25) is 0 Å². The van der Waals surface area contributed by atoms with E-state index in [2.05, 4.69) is 10.3 Å². The molecule has 0 aliphatic rings. The Morgan fingerprint density at radius 2 is 1.90 bits per heavy atom. The highest BCUT2D eigenvalue weighted by atomic mass is 19.3. The van der Waals surface area contributed by atoms with Crippen molar-refractivity contribution >= 4 is 5.82 Å². The van der Waals surface area contributed by atoms with Crippen LogP contribution in [0.3, 0.4) is 0 Å². The van der Waals surface area contributed by atoms with Crippen molar-refractivity contribution in [2.75, 3.05) is 5.32 Å². The van der Waals surface area contributed by atoms with Gasteiger partial charge in [-0.1, -0.05) is 30.3 Å². The molecule has 20 heavy (non-hydrogen) atoms. The SMILES string of the molecule is O=c1cc(NCc2ccccc2)[nH]c(=O)n1CC(F)F. The maximum absolute atomic E-state index is 12.2. The number of anilines is 1. The minimum absolute atomic E-state index is 0.203. The summed E-state index contributed by atoms with van der Waals surface area (Å²) < 4.78 is 24.9. The van der Waals surface area contributed by atoms with E-state index >= 15 is 0 Å². The molecule has 0 saturated heterocycles. The molecule has 2 rings (SSSR count). The highest BCUT2D eigenvalue weighted by Crippen LogP contribution is 2.02. The molecule has 7 heteroatoms. The van der Waals surface area contributed by atoms with E-state index in [-0.39, 0.29) is 5.82 Å². The predicted octanol–water partition coefficient (Wildman–Crippen LogP) is 1.41. The van der Waals surface area contributed by atoms with E-state index in [4.69, 9.17) is 0 Å². The fourth-order valence-corrected chi connectivity index (χ4v) is 1.72. The molecule has 0 aliphatic carbocycles. The van der Waals surface area contributed by atoms with Gasteiger partial charge in [0.15, 0.2) is 0 Å². The third kappa shape index (κ3) is 3.53. The number of aromatic amines is 1. The Morgan fingerprint density at radius 3 is 2.50 bits per heavy atom. The number of nitrogens with one attached hydrogen (secondary N) is 2. The highest BCUT2D eigenvalue weighted by molar-refractivity contribution is 5.33. The third-order valence-electron chi connectivity index (χ3n) is 2.67. The smallest absolute Gasteiger partial charge is 0.330 e. The molecular weight excluding hydrogens is 268 g/mol. The largest absolute Gasteiger partial charge is 0.367 e. The fraction of sp³-hybridized carbons (Fsp3) is 0.231. The molecule has 0 fully saturated rings. The van der Waals surface area contributed by atoms with E-state index in [0.717, 1.165) is 11.6 Å². The van der Waals surface area contributed by atoms with Crippen molar-refractivity contribution in [3.8, 4) is 0 Å². The average Bonchev–Trinajstić information content (AvgIpc) is 2.41. The summed E-state index contributed by atoms with van der Waals surface area (Å²) in [6.45, 7) is -0.498. The molecular formula is C13H13F2N3O2. The summed E-state index contributed by atoms with van der Waals surface area (Å²) in [6.07, 6.45) is -2.75. The van der Waals surface area contributed by atoms with Crippen LogP contribution in [0.4, 0.5) is 14.6 Å². The molecule has 2 aromatic rings. The monoisotopic (exact) mass is 281 g/mol. The lowest BCUT2D eigenvalue weighted by Gasteiger charge is -2.08. The number of alkyl halides is 2. The predicted molar refractivity (Wildman–Crippen MR) is 71.1 cm³/mol. The maximum Gasteiger partial charge on any atom is 0.330 e. The highest BCUT2D eigenvalue weighted by Gasteiger charge is 2.10. The fourth-order valence-electron chi connectivity index (χ4n) is 1.72. The van der Waals surface area contributed by atoms with Gasteiger partial charge in [0.1, 0.15) is 5.82 Å². The molecule has 0 saturated carbocycles. The van der Waals surface area contributed by atoms with Gasteiger partial charge in [0.05, 0.1) is 6.54 Å². The molecule has 0 bridgehead atoms. The number of aromatic nitrogens is 2. The molecule has 2 N–H and O–H groups in total. The van der Waals surface area contributed by atoms with Crippen molar-refractivity contribution in [2.24, 2.45) is 0 Å². The van der Waals surface area contributed by atoms with Crippen LogP contribution in [-0.4, -0.2) is 16.0 Å². The summed E-state index contributed by atoms with van der Waals surface area (Å²) >= 11 is 0. The van der Waals surface area contributed by atoms with Gasteiger partial charge in [-0.3, -0.25) is 14.3 Å². The van der Waals surface area contributed by atoms with E-state index in [9.17, 15) is 18.4 Å². The van der Waals surface area contributed by atoms with Crippen molar-refractivity contribution in [3.05, 3.63) is 62.8 Å². The van der Waals surface area contributed by atoms with Crippen LogP contribution in [0.25, 0.3) is 0 Å². The van der Waals surface area contributed by atoms with Crippen molar-refractivity contribution in [1.29, 1.82) is 0 Å². The second-order valence-electron chi connectivity index (χ2n) is 4.17. The molecule has 0 spiro atoms. The van der Waals surface area contributed by atoms with Crippen LogP contribution in [0.1, 0.15) is 5.56 Å². The summed E-state index contributed by atoms with van der Waals surface area (Å²) in [5.41, 5.74) is -0.650. The number of halogens is 2. The van der Waals surface area contributed by atoms with E-state index < -0.39 is 24.2 Å². The van der Waals surface area contributed by atoms with Crippen LogP contribution < -0.4 is 16.6 Å². The van der Waals surface area contributed by atoms with Gasteiger partial charge < -0.3 is 5.32 Å². The van der Waals surface area contributed by atoms with Crippen LogP contribution in [0, 0.1) is 0 Å². The normalized spacial score (nSPS) is 10.8. The van der Waals surface area contributed by atoms with Crippen LogP contribution in [0.15, 0.2) is 46.0 Å². The zero-order valence-corrected chi connectivity index (χ0v) is 10.5. The average molecular weight is 281 g/mol. The first kappa shape index (κ1) is 14.0. The second-order valence-corrected chi connectivity index (χ2v) is 4.17. The van der Waals surface area contributed by atoms with Gasteiger partial charge in [-0.2, -0.15) is 0 Å². The number of rotatable bonds is 5. The second kappa shape index (κ2) is 6.14. The van der Waals surface area contributed by atoms with Gasteiger partial charge >= 0.3 is 5.69 Å². The van der Waals surface area contributed by atoms with Gasteiger partial charge in [0, 0.05) is 12.6 Å². The standard InChI is InChI=1S/C13H13F2N3O2/c14-10(15)8-18-12(19)6-11(17-13(18)20)16-7-9-4-2-1-3-5-9/h1-6,10,16H,7-8H2,(H,17,20). The molecule has 0 amide bonds. The summed E-state index contributed by atoms with van der Waals surface area (Å²) in [7, 11) is 0. The van der Waals surface area contributed by atoms with Crippen molar-refractivity contribution in [3.63, 3.8) is 0 Å². The number of H-pyrrole nitrogens is 1. The zero-order valence-electron chi connectivity index (χ0n) is 10.5. The molecule has 5 nitrogen and oxygen atoms in total. The first-order chi connectivity index (χ1) is 9.56. The maximum atomic E-state index is 12.2. The van der Waals surface area contributed by atoms with Gasteiger partial charge in [-0.25, -0.2) is 13.6 Å². The van der Waals surface area contributed by atoms with E-state index in [0.29, 0.717) is 11.1 Å². The Kier molecular flexibility index (Phi) is 4.29. The Bertz CT molecular complexity index is 649. The molecule has 1 aromatic carbocycles. The van der Waals surface area contributed by atoms with Crippen LogP contribution in [0.5, 0.6) is 0 Å². The first-order valence-electron chi connectivity index (χ1n) is 5.96. The number of hydrogen-bond acceptors (Lipinski definition) is 3. The Labute approximate surface area is 112 Å².